The van der Waals surface area contributed by atoms with Crippen LogP contribution in [0.25, 0.3) is 11.3 Å². The average molecular weight is 384 g/mol. The summed E-state index contributed by atoms with van der Waals surface area (Å²) in [5.74, 6) is 0. The van der Waals surface area contributed by atoms with Crippen LogP contribution in [0.5, 0.6) is 0 Å². The van der Waals surface area contributed by atoms with E-state index in [1.54, 1.807) is 11.3 Å². The summed E-state index contributed by atoms with van der Waals surface area (Å²) < 4.78 is 7.17. The number of nitrogens with zero attached hydrogens (tertiary/aromatic N) is 1. The van der Waals surface area contributed by atoms with Crippen molar-refractivity contribution in [3.8, 4) is 11.3 Å². The molecular formula is C16H22BrNOSSi. The lowest BCUT2D eigenvalue weighted by atomic mass is 10.1. The topological polar surface area (TPSA) is 22.1 Å². The summed E-state index contributed by atoms with van der Waals surface area (Å²) in [4.78, 5) is 4.44. The molecule has 0 aliphatic carbocycles. The van der Waals surface area contributed by atoms with Gasteiger partial charge < -0.3 is 4.43 Å². The van der Waals surface area contributed by atoms with Crippen molar-refractivity contribution in [2.24, 2.45) is 0 Å². The van der Waals surface area contributed by atoms with E-state index in [1.165, 1.54) is 5.56 Å². The van der Waals surface area contributed by atoms with E-state index >= 15 is 0 Å². The fourth-order valence-corrected chi connectivity index (χ4v) is 3.62. The van der Waals surface area contributed by atoms with Gasteiger partial charge in [-0.15, -0.1) is 11.3 Å². The summed E-state index contributed by atoms with van der Waals surface area (Å²) >= 11 is 5.01. The number of benzene rings is 1. The fourth-order valence-electron chi connectivity index (χ4n) is 1.64. The van der Waals surface area contributed by atoms with Gasteiger partial charge in [-0.2, -0.15) is 0 Å². The van der Waals surface area contributed by atoms with Gasteiger partial charge in [0.1, 0.15) is 0 Å². The molecule has 0 radical (unpaired) electrons. The molecule has 0 atom stereocenters. The fraction of sp³-hybridized carbons (Fsp3) is 0.438. The van der Waals surface area contributed by atoms with Crippen molar-refractivity contribution < 1.29 is 4.43 Å². The van der Waals surface area contributed by atoms with E-state index in [-0.39, 0.29) is 5.04 Å². The monoisotopic (exact) mass is 383 g/mol. The summed E-state index contributed by atoms with van der Waals surface area (Å²) in [6.45, 7) is 12.1. The molecular weight excluding hydrogens is 362 g/mol. The molecule has 0 aliphatic heterocycles. The number of thiazole rings is 1. The molecule has 0 saturated heterocycles. The molecule has 2 rings (SSSR count). The molecule has 0 spiro atoms. The lowest BCUT2D eigenvalue weighted by molar-refractivity contribution is 0.276. The van der Waals surface area contributed by atoms with Crippen molar-refractivity contribution in [2.45, 2.75) is 45.5 Å². The third-order valence-electron chi connectivity index (χ3n) is 4.13. The number of hydrogen-bond donors (Lipinski definition) is 0. The predicted molar refractivity (Wildman–Crippen MR) is 97.2 cm³/mol. The van der Waals surface area contributed by atoms with Gasteiger partial charge in [-0.3, -0.25) is 0 Å². The molecule has 2 nitrogen and oxygen atoms in total. The van der Waals surface area contributed by atoms with Gasteiger partial charge in [0.2, 0.25) is 0 Å². The molecule has 114 valence electrons. The maximum Gasteiger partial charge on any atom is 0.192 e. The minimum Gasteiger partial charge on any atom is -0.413 e. The molecule has 5 heteroatoms. The van der Waals surface area contributed by atoms with Gasteiger partial charge in [0, 0.05) is 10.9 Å². The van der Waals surface area contributed by atoms with Crippen molar-refractivity contribution in [1.29, 1.82) is 0 Å². The lowest BCUT2D eigenvalue weighted by Crippen LogP contribution is -2.40. The zero-order valence-electron chi connectivity index (χ0n) is 13.2. The van der Waals surface area contributed by atoms with Crippen LogP contribution in [0, 0.1) is 0 Å². The van der Waals surface area contributed by atoms with Crippen LogP contribution in [0.4, 0.5) is 0 Å². The Labute approximate surface area is 140 Å². The molecule has 1 heterocycles. The Kier molecular flexibility index (Phi) is 5.08. The molecule has 1 aromatic heterocycles. The first kappa shape index (κ1) is 16.9. The Balaban J connectivity index is 2.03. The number of halogens is 1. The maximum atomic E-state index is 6.25. The van der Waals surface area contributed by atoms with Gasteiger partial charge in [0.15, 0.2) is 12.2 Å². The first-order valence-corrected chi connectivity index (χ1v) is 11.6. The van der Waals surface area contributed by atoms with Gasteiger partial charge in [-0.1, -0.05) is 45.0 Å². The summed E-state index contributed by atoms with van der Waals surface area (Å²) in [5.41, 5.74) is 3.38. The van der Waals surface area contributed by atoms with Gasteiger partial charge in [-0.05, 0) is 39.6 Å². The van der Waals surface area contributed by atoms with Gasteiger partial charge in [0.25, 0.3) is 0 Å². The van der Waals surface area contributed by atoms with E-state index in [0.29, 0.717) is 6.61 Å². The Morgan fingerprint density at radius 1 is 1.19 bits per heavy atom. The highest BCUT2D eigenvalue weighted by atomic mass is 79.9. The SMILES string of the molecule is CC(C)(C)[Si](C)(C)OCc1ccc(-c2csc(Br)n2)cc1. The molecule has 1 aromatic carbocycles. The lowest BCUT2D eigenvalue weighted by Gasteiger charge is -2.36. The first-order valence-electron chi connectivity index (χ1n) is 7.03. The second-order valence-electron chi connectivity index (χ2n) is 6.73. The summed E-state index contributed by atoms with van der Waals surface area (Å²) in [7, 11) is -1.68. The van der Waals surface area contributed by atoms with E-state index in [4.69, 9.17) is 4.43 Å². The van der Waals surface area contributed by atoms with E-state index in [9.17, 15) is 0 Å². The van der Waals surface area contributed by atoms with Crippen LogP contribution in [0.15, 0.2) is 33.6 Å². The van der Waals surface area contributed by atoms with Crippen LogP contribution in [0.1, 0.15) is 26.3 Å². The van der Waals surface area contributed by atoms with Crippen LogP contribution in [0.2, 0.25) is 18.1 Å². The number of hydrogen-bond acceptors (Lipinski definition) is 3. The number of aromatic nitrogens is 1. The van der Waals surface area contributed by atoms with Crippen molar-refractivity contribution in [3.05, 3.63) is 39.1 Å². The molecule has 0 aliphatic rings. The van der Waals surface area contributed by atoms with Crippen LogP contribution in [-0.2, 0) is 11.0 Å². The number of rotatable bonds is 4. The van der Waals surface area contributed by atoms with E-state index in [2.05, 4.69) is 84.4 Å². The van der Waals surface area contributed by atoms with E-state index in [1.807, 2.05) is 0 Å². The van der Waals surface area contributed by atoms with Crippen LogP contribution in [0.3, 0.4) is 0 Å². The molecule has 0 amide bonds. The Morgan fingerprint density at radius 3 is 2.29 bits per heavy atom. The largest absolute Gasteiger partial charge is 0.413 e. The molecule has 21 heavy (non-hydrogen) atoms. The predicted octanol–water partition coefficient (Wildman–Crippen LogP) is 6.09. The molecule has 2 aromatic rings. The maximum absolute atomic E-state index is 6.25. The zero-order valence-corrected chi connectivity index (χ0v) is 16.6. The third kappa shape index (κ3) is 4.25. The van der Waals surface area contributed by atoms with Crippen molar-refractivity contribution >= 4 is 35.6 Å². The second kappa shape index (κ2) is 6.32. The Morgan fingerprint density at radius 2 is 1.81 bits per heavy atom. The van der Waals surface area contributed by atoms with Crippen molar-refractivity contribution in [3.63, 3.8) is 0 Å². The van der Waals surface area contributed by atoms with E-state index < -0.39 is 8.32 Å². The highest BCUT2D eigenvalue weighted by Crippen LogP contribution is 2.37. The first-order chi connectivity index (χ1) is 9.69. The minimum atomic E-state index is -1.68. The molecule has 0 saturated carbocycles. The third-order valence-corrected chi connectivity index (χ3v) is 9.98. The summed E-state index contributed by atoms with van der Waals surface area (Å²) in [5, 5.41) is 2.31. The van der Waals surface area contributed by atoms with Crippen molar-refractivity contribution in [1.82, 2.24) is 4.98 Å². The smallest absolute Gasteiger partial charge is 0.192 e. The van der Waals surface area contributed by atoms with Crippen LogP contribution < -0.4 is 0 Å². The average Bonchev–Trinajstić information content (AvgIpc) is 2.82. The van der Waals surface area contributed by atoms with Gasteiger partial charge in [-0.25, -0.2) is 4.98 Å². The minimum absolute atomic E-state index is 0.250. The zero-order chi connectivity index (χ0) is 15.7. The summed E-state index contributed by atoms with van der Waals surface area (Å²) in [6.07, 6.45) is 0. The highest BCUT2D eigenvalue weighted by molar-refractivity contribution is 9.11. The molecule has 0 N–H and O–H groups in total. The quantitative estimate of drug-likeness (QED) is 0.595. The Hall–Kier alpha value is -0.493. The standard InChI is InChI=1S/C16H22BrNOSSi/c1-16(2,3)21(4,5)19-10-12-6-8-13(9-7-12)14-11-20-15(17)18-14/h6-9,11H,10H2,1-5H3. The summed E-state index contributed by atoms with van der Waals surface area (Å²) in [6, 6.07) is 8.50. The molecule has 0 fully saturated rings. The normalized spacial score (nSPS) is 12.7. The van der Waals surface area contributed by atoms with E-state index in [0.717, 1.165) is 15.2 Å². The Bertz CT molecular complexity index is 601. The van der Waals surface area contributed by atoms with Crippen molar-refractivity contribution in [2.75, 3.05) is 0 Å². The molecule has 0 unspecified atom stereocenters. The second-order valence-corrected chi connectivity index (χ2v) is 13.7. The van der Waals surface area contributed by atoms with Crippen LogP contribution in [-0.4, -0.2) is 13.3 Å². The van der Waals surface area contributed by atoms with Gasteiger partial charge >= 0.3 is 0 Å². The molecule has 0 bridgehead atoms. The highest BCUT2D eigenvalue weighted by Gasteiger charge is 2.36. The van der Waals surface area contributed by atoms with Crippen LogP contribution >= 0.6 is 27.3 Å². The van der Waals surface area contributed by atoms with Gasteiger partial charge in [0.05, 0.1) is 12.3 Å².